The van der Waals surface area contributed by atoms with E-state index in [-0.39, 0.29) is 17.1 Å². The van der Waals surface area contributed by atoms with Crippen LogP contribution in [0, 0.1) is 17.1 Å². The zero-order valence-electron chi connectivity index (χ0n) is 11.9. The number of H-pyrrole nitrogens is 1. The number of anilines is 2. The molecule has 0 amide bonds. The van der Waals surface area contributed by atoms with Crippen LogP contribution in [0.3, 0.4) is 0 Å². The Morgan fingerprint density at radius 1 is 1.13 bits per heavy atom. The van der Waals surface area contributed by atoms with E-state index in [1.165, 1.54) is 24.3 Å². The molecule has 2 aromatic carbocycles. The molecule has 0 aliphatic heterocycles. The summed E-state index contributed by atoms with van der Waals surface area (Å²) in [7, 11) is 0. The van der Waals surface area contributed by atoms with Gasteiger partial charge in [-0.25, -0.2) is 9.37 Å². The van der Waals surface area contributed by atoms with E-state index in [0.29, 0.717) is 11.4 Å². The van der Waals surface area contributed by atoms with Crippen molar-refractivity contribution in [2.24, 2.45) is 0 Å². The van der Waals surface area contributed by atoms with Crippen LogP contribution >= 0.6 is 0 Å². The summed E-state index contributed by atoms with van der Waals surface area (Å²) in [6, 6.07) is 16.4. The molecule has 6 heteroatoms. The Labute approximate surface area is 131 Å². The highest BCUT2D eigenvalue weighted by molar-refractivity contribution is 5.62. The van der Waals surface area contributed by atoms with Gasteiger partial charge in [-0.05, 0) is 18.2 Å². The Balaban J connectivity index is 1.97. The predicted octanol–water partition coefficient (Wildman–Crippen LogP) is 3.19. The van der Waals surface area contributed by atoms with Gasteiger partial charge >= 0.3 is 0 Å². The van der Waals surface area contributed by atoms with Crippen LogP contribution in [0.2, 0.25) is 0 Å². The normalized spacial score (nSPS) is 10.1. The predicted molar refractivity (Wildman–Crippen MR) is 84.7 cm³/mol. The fraction of sp³-hybridized carbons (Fsp3) is 0. The zero-order valence-corrected chi connectivity index (χ0v) is 11.9. The quantitative estimate of drug-likeness (QED) is 0.778. The average Bonchev–Trinajstić information content (AvgIpc) is 2.57. The van der Waals surface area contributed by atoms with Gasteiger partial charge in [0.1, 0.15) is 11.9 Å². The molecule has 2 N–H and O–H groups in total. The first-order valence-electron chi connectivity index (χ1n) is 6.79. The molecule has 0 aliphatic rings. The number of nitriles is 1. The van der Waals surface area contributed by atoms with Gasteiger partial charge in [-0.1, -0.05) is 30.3 Å². The molecule has 0 atom stereocenters. The van der Waals surface area contributed by atoms with Crippen LogP contribution in [0.4, 0.5) is 16.0 Å². The number of halogens is 1. The third-order valence-electron chi connectivity index (χ3n) is 3.16. The monoisotopic (exact) mass is 306 g/mol. The zero-order chi connectivity index (χ0) is 16.2. The second-order valence-electron chi connectivity index (χ2n) is 4.78. The molecular weight excluding hydrogens is 295 g/mol. The first-order chi connectivity index (χ1) is 11.2. The number of hydrogen-bond donors (Lipinski definition) is 2. The van der Waals surface area contributed by atoms with Gasteiger partial charge in [-0.15, -0.1) is 0 Å². The van der Waals surface area contributed by atoms with E-state index < -0.39 is 5.82 Å². The van der Waals surface area contributed by atoms with Crippen molar-refractivity contribution in [1.82, 2.24) is 9.97 Å². The number of rotatable bonds is 3. The van der Waals surface area contributed by atoms with Crippen LogP contribution in [0.15, 0.2) is 59.4 Å². The topological polar surface area (TPSA) is 81.6 Å². The number of benzene rings is 2. The van der Waals surface area contributed by atoms with Crippen molar-refractivity contribution >= 4 is 11.6 Å². The van der Waals surface area contributed by atoms with E-state index in [9.17, 15) is 9.18 Å². The summed E-state index contributed by atoms with van der Waals surface area (Å²) in [4.78, 5) is 18.7. The summed E-state index contributed by atoms with van der Waals surface area (Å²) in [5.74, 6) is -0.385. The molecule has 0 bridgehead atoms. The Hall–Kier alpha value is -3.46. The molecule has 0 radical (unpaired) electrons. The molecule has 0 unspecified atom stereocenters. The van der Waals surface area contributed by atoms with Crippen molar-refractivity contribution in [2.75, 3.05) is 5.32 Å². The summed E-state index contributed by atoms with van der Waals surface area (Å²) in [6.07, 6.45) is 0. The summed E-state index contributed by atoms with van der Waals surface area (Å²) >= 11 is 0. The molecule has 0 spiro atoms. The molecule has 3 aromatic rings. The molecule has 0 aliphatic carbocycles. The summed E-state index contributed by atoms with van der Waals surface area (Å²) in [5.41, 5.74) is 1.37. The van der Waals surface area contributed by atoms with Crippen molar-refractivity contribution in [3.05, 3.63) is 76.3 Å². The first kappa shape index (κ1) is 14.5. The SMILES string of the molecule is N#Cc1cc(Nc2nc(-c3ccccc3)cc(=O)[nH]2)ccc1F. The lowest BCUT2D eigenvalue weighted by molar-refractivity contribution is 0.624. The molecule has 23 heavy (non-hydrogen) atoms. The van der Waals surface area contributed by atoms with Crippen molar-refractivity contribution in [1.29, 1.82) is 5.26 Å². The Morgan fingerprint density at radius 3 is 2.65 bits per heavy atom. The maximum Gasteiger partial charge on any atom is 0.252 e. The summed E-state index contributed by atoms with van der Waals surface area (Å²) in [5, 5.41) is 11.7. The van der Waals surface area contributed by atoms with Crippen LogP contribution in [-0.2, 0) is 0 Å². The molecule has 0 saturated heterocycles. The summed E-state index contributed by atoms with van der Waals surface area (Å²) in [6.45, 7) is 0. The molecule has 1 aromatic heterocycles. The fourth-order valence-corrected chi connectivity index (χ4v) is 2.10. The van der Waals surface area contributed by atoms with Crippen molar-refractivity contribution in [3.63, 3.8) is 0 Å². The standard InChI is InChI=1S/C17H11FN4O/c18-14-7-6-13(8-12(14)10-19)20-17-21-15(9-16(23)22-17)11-4-2-1-3-5-11/h1-9H,(H2,20,21,22,23). The molecule has 0 fully saturated rings. The largest absolute Gasteiger partial charge is 0.326 e. The van der Waals surface area contributed by atoms with Gasteiger partial charge in [0.15, 0.2) is 0 Å². The highest BCUT2D eigenvalue weighted by Gasteiger charge is 2.06. The van der Waals surface area contributed by atoms with E-state index in [1.54, 1.807) is 6.07 Å². The van der Waals surface area contributed by atoms with Crippen LogP contribution in [0.5, 0.6) is 0 Å². The lowest BCUT2D eigenvalue weighted by Crippen LogP contribution is -2.10. The van der Waals surface area contributed by atoms with Gasteiger partial charge in [0.2, 0.25) is 5.95 Å². The smallest absolute Gasteiger partial charge is 0.252 e. The van der Waals surface area contributed by atoms with Gasteiger partial charge in [-0.2, -0.15) is 5.26 Å². The third-order valence-corrected chi connectivity index (χ3v) is 3.16. The minimum atomic E-state index is -0.600. The highest BCUT2D eigenvalue weighted by Crippen LogP contribution is 2.19. The van der Waals surface area contributed by atoms with Crippen molar-refractivity contribution < 1.29 is 4.39 Å². The number of aromatic amines is 1. The van der Waals surface area contributed by atoms with Crippen molar-refractivity contribution in [3.8, 4) is 17.3 Å². The van der Waals surface area contributed by atoms with Gasteiger partial charge in [0.05, 0.1) is 11.3 Å². The number of nitrogens with one attached hydrogen (secondary N) is 2. The highest BCUT2D eigenvalue weighted by atomic mass is 19.1. The van der Waals surface area contributed by atoms with E-state index in [2.05, 4.69) is 15.3 Å². The van der Waals surface area contributed by atoms with Crippen LogP contribution in [-0.4, -0.2) is 9.97 Å². The minimum absolute atomic E-state index is 0.0865. The van der Waals surface area contributed by atoms with E-state index in [1.807, 2.05) is 30.3 Å². The maximum atomic E-state index is 13.3. The third kappa shape index (κ3) is 3.24. The van der Waals surface area contributed by atoms with Gasteiger partial charge in [0, 0.05) is 17.3 Å². The van der Waals surface area contributed by atoms with Gasteiger partial charge < -0.3 is 5.32 Å². The number of aromatic nitrogens is 2. The minimum Gasteiger partial charge on any atom is -0.326 e. The lowest BCUT2D eigenvalue weighted by Gasteiger charge is -2.08. The maximum absolute atomic E-state index is 13.3. The summed E-state index contributed by atoms with van der Waals surface area (Å²) < 4.78 is 13.3. The lowest BCUT2D eigenvalue weighted by atomic mass is 10.1. The Morgan fingerprint density at radius 2 is 1.91 bits per heavy atom. The first-order valence-corrected chi connectivity index (χ1v) is 6.79. The van der Waals surface area contributed by atoms with E-state index in [0.717, 1.165) is 5.56 Å². The average molecular weight is 306 g/mol. The molecule has 1 heterocycles. The number of nitrogens with zero attached hydrogens (tertiary/aromatic N) is 2. The second kappa shape index (κ2) is 6.12. The van der Waals surface area contributed by atoms with Crippen LogP contribution < -0.4 is 10.9 Å². The second-order valence-corrected chi connectivity index (χ2v) is 4.78. The Bertz CT molecular complexity index is 945. The van der Waals surface area contributed by atoms with Crippen LogP contribution in [0.1, 0.15) is 5.56 Å². The van der Waals surface area contributed by atoms with E-state index >= 15 is 0 Å². The van der Waals surface area contributed by atoms with Gasteiger partial charge in [-0.3, -0.25) is 9.78 Å². The number of hydrogen-bond acceptors (Lipinski definition) is 4. The van der Waals surface area contributed by atoms with E-state index in [4.69, 9.17) is 5.26 Å². The molecule has 0 saturated carbocycles. The van der Waals surface area contributed by atoms with Crippen molar-refractivity contribution in [2.45, 2.75) is 0 Å². The van der Waals surface area contributed by atoms with Gasteiger partial charge in [0.25, 0.3) is 5.56 Å². The molecular formula is C17H11FN4O. The Kier molecular flexibility index (Phi) is 3.85. The molecule has 112 valence electrons. The van der Waals surface area contributed by atoms with Crippen LogP contribution in [0.25, 0.3) is 11.3 Å². The fourth-order valence-electron chi connectivity index (χ4n) is 2.10. The molecule has 5 nitrogen and oxygen atoms in total. The molecule has 3 rings (SSSR count).